The predicted molar refractivity (Wildman–Crippen MR) is 85.3 cm³/mol. The van der Waals surface area contributed by atoms with E-state index in [9.17, 15) is 9.18 Å². The number of piperazine rings is 1. The Kier molecular flexibility index (Phi) is 4.69. The van der Waals surface area contributed by atoms with E-state index in [1.807, 2.05) is 4.90 Å². The number of rotatable bonds is 2. The third-order valence-electron chi connectivity index (χ3n) is 4.79. The summed E-state index contributed by atoms with van der Waals surface area (Å²) in [7, 11) is 0. The van der Waals surface area contributed by atoms with Crippen LogP contribution in [0.25, 0.3) is 0 Å². The summed E-state index contributed by atoms with van der Waals surface area (Å²) in [4.78, 5) is 15.2. The molecule has 1 saturated heterocycles. The van der Waals surface area contributed by atoms with Crippen LogP contribution in [0, 0.1) is 12.2 Å². The second-order valence-electron chi connectivity index (χ2n) is 6.14. The van der Waals surface area contributed by atoms with Crippen molar-refractivity contribution in [3.8, 4) is 0 Å². The van der Waals surface area contributed by atoms with Crippen molar-refractivity contribution in [2.75, 3.05) is 26.2 Å². The summed E-state index contributed by atoms with van der Waals surface area (Å²) < 4.78 is 13.5. The highest BCUT2D eigenvalue weighted by Crippen LogP contribution is 2.41. The van der Waals surface area contributed by atoms with Gasteiger partial charge in [0.15, 0.2) is 0 Å². The lowest BCUT2D eigenvalue weighted by Crippen LogP contribution is -2.54. The van der Waals surface area contributed by atoms with Crippen LogP contribution in [0.15, 0.2) is 18.2 Å². The molecule has 0 bridgehead atoms. The first-order valence-corrected chi connectivity index (χ1v) is 8.28. The third-order valence-corrected chi connectivity index (χ3v) is 5.08. The molecule has 2 fully saturated rings. The largest absolute Gasteiger partial charge is 0.339 e. The molecule has 3 rings (SSSR count). The number of halogens is 2. The van der Waals surface area contributed by atoms with Crippen molar-refractivity contribution in [2.45, 2.75) is 31.1 Å². The molecule has 1 aliphatic heterocycles. The minimum atomic E-state index is -0.576. The van der Waals surface area contributed by atoms with Gasteiger partial charge < -0.3 is 10.2 Å². The standard InChI is InChI=1S/C17H21ClFN2O/c18-14-12-13(4-5-15(14)19)17(6-2-1-3-7-17)16(22)21-10-8-20-9-11-21/h2,4-5,12,20H,1,3,6-11H2. The number of benzene rings is 1. The highest BCUT2D eigenvalue weighted by Gasteiger charge is 2.43. The summed E-state index contributed by atoms with van der Waals surface area (Å²) in [5, 5.41) is 3.36. The van der Waals surface area contributed by atoms with Crippen molar-refractivity contribution in [2.24, 2.45) is 0 Å². The molecule has 1 aromatic carbocycles. The topological polar surface area (TPSA) is 32.3 Å². The minimum Gasteiger partial charge on any atom is -0.339 e. The van der Waals surface area contributed by atoms with Crippen LogP contribution in [-0.4, -0.2) is 37.0 Å². The number of nitrogens with one attached hydrogen (secondary N) is 1. The van der Waals surface area contributed by atoms with Gasteiger partial charge in [0.2, 0.25) is 5.91 Å². The van der Waals surface area contributed by atoms with Crippen LogP contribution < -0.4 is 5.32 Å². The molecular formula is C17H21ClFN2O. The number of hydrogen-bond donors (Lipinski definition) is 1. The van der Waals surface area contributed by atoms with Crippen LogP contribution in [0.3, 0.4) is 0 Å². The quantitative estimate of drug-likeness (QED) is 0.907. The number of amides is 1. The van der Waals surface area contributed by atoms with E-state index in [1.165, 1.54) is 6.07 Å². The lowest BCUT2D eigenvalue weighted by atomic mass is 9.68. The molecule has 1 aliphatic carbocycles. The number of hydrogen-bond acceptors (Lipinski definition) is 2. The van der Waals surface area contributed by atoms with Gasteiger partial charge in [0.1, 0.15) is 5.82 Å². The van der Waals surface area contributed by atoms with Gasteiger partial charge in [-0.3, -0.25) is 4.79 Å². The average Bonchev–Trinajstić information content (AvgIpc) is 2.58. The molecule has 0 aromatic heterocycles. The SMILES string of the molecule is O=C(N1CCNCC1)C1(c2ccc(F)c(Cl)c2)C[CH]CCC1. The van der Waals surface area contributed by atoms with Gasteiger partial charge in [-0.05, 0) is 37.0 Å². The molecule has 5 heteroatoms. The van der Waals surface area contributed by atoms with E-state index in [-0.39, 0.29) is 10.9 Å². The zero-order chi connectivity index (χ0) is 15.6. The van der Waals surface area contributed by atoms with Crippen molar-refractivity contribution >= 4 is 17.5 Å². The van der Waals surface area contributed by atoms with Gasteiger partial charge in [0.05, 0.1) is 10.4 Å². The molecule has 1 radical (unpaired) electrons. The van der Waals surface area contributed by atoms with Crippen molar-refractivity contribution in [1.82, 2.24) is 10.2 Å². The fraction of sp³-hybridized carbons (Fsp3) is 0.529. The Morgan fingerprint density at radius 2 is 2.09 bits per heavy atom. The molecule has 1 aromatic rings. The Balaban J connectivity index is 1.96. The molecule has 0 spiro atoms. The summed E-state index contributed by atoms with van der Waals surface area (Å²) in [5.41, 5.74) is 0.269. The van der Waals surface area contributed by atoms with Crippen LogP contribution in [0.1, 0.15) is 31.2 Å². The first kappa shape index (κ1) is 15.8. The summed E-state index contributed by atoms with van der Waals surface area (Å²) in [6.45, 7) is 3.12. The van der Waals surface area contributed by atoms with Gasteiger partial charge in [-0.1, -0.05) is 30.5 Å². The third kappa shape index (κ3) is 2.86. The molecule has 1 N–H and O–H groups in total. The summed E-state index contributed by atoms with van der Waals surface area (Å²) in [5.74, 6) is -0.275. The first-order valence-electron chi connectivity index (χ1n) is 7.91. The molecule has 119 valence electrons. The van der Waals surface area contributed by atoms with Gasteiger partial charge in [-0.15, -0.1) is 0 Å². The van der Waals surface area contributed by atoms with E-state index in [0.29, 0.717) is 6.42 Å². The highest BCUT2D eigenvalue weighted by atomic mass is 35.5. The summed E-state index contributed by atoms with van der Waals surface area (Å²) >= 11 is 5.97. The van der Waals surface area contributed by atoms with E-state index >= 15 is 0 Å². The van der Waals surface area contributed by atoms with Gasteiger partial charge in [-0.25, -0.2) is 4.39 Å². The fourth-order valence-electron chi connectivity index (χ4n) is 3.54. The maximum absolute atomic E-state index is 13.5. The van der Waals surface area contributed by atoms with Crippen molar-refractivity contribution < 1.29 is 9.18 Å². The monoisotopic (exact) mass is 323 g/mol. The molecule has 1 atom stereocenters. The molecule has 22 heavy (non-hydrogen) atoms. The Morgan fingerprint density at radius 3 is 2.73 bits per heavy atom. The second-order valence-corrected chi connectivity index (χ2v) is 6.55. The zero-order valence-electron chi connectivity index (χ0n) is 12.6. The summed E-state index contributed by atoms with van der Waals surface area (Å²) in [6.07, 6.45) is 5.70. The second kappa shape index (κ2) is 6.55. The maximum Gasteiger partial charge on any atom is 0.233 e. The van der Waals surface area contributed by atoms with Crippen LogP contribution >= 0.6 is 11.6 Å². The molecule has 1 saturated carbocycles. The van der Waals surface area contributed by atoms with Crippen molar-refractivity contribution in [3.63, 3.8) is 0 Å². The Labute approximate surface area is 135 Å². The molecule has 1 amide bonds. The maximum atomic E-state index is 13.5. The first-order chi connectivity index (χ1) is 10.6. The van der Waals surface area contributed by atoms with Gasteiger partial charge >= 0.3 is 0 Å². The minimum absolute atomic E-state index is 0.0931. The number of carbonyl (C=O) groups excluding carboxylic acids is 1. The number of carbonyl (C=O) groups is 1. The van der Waals surface area contributed by atoms with Gasteiger partial charge in [0.25, 0.3) is 0 Å². The fourth-order valence-corrected chi connectivity index (χ4v) is 3.72. The Hall–Kier alpha value is -1.13. The lowest BCUT2D eigenvalue weighted by molar-refractivity contribution is -0.139. The van der Waals surface area contributed by atoms with Crippen LogP contribution in [0.5, 0.6) is 0 Å². The van der Waals surface area contributed by atoms with Crippen LogP contribution in [-0.2, 0) is 10.2 Å². The van der Waals surface area contributed by atoms with Crippen LogP contribution in [0.4, 0.5) is 4.39 Å². The van der Waals surface area contributed by atoms with Crippen molar-refractivity contribution in [3.05, 3.63) is 41.0 Å². The molecular weight excluding hydrogens is 303 g/mol. The van der Waals surface area contributed by atoms with Crippen LogP contribution in [0.2, 0.25) is 5.02 Å². The smallest absolute Gasteiger partial charge is 0.233 e. The summed E-state index contributed by atoms with van der Waals surface area (Å²) in [6, 6.07) is 4.73. The lowest BCUT2D eigenvalue weighted by Gasteiger charge is -2.41. The van der Waals surface area contributed by atoms with Crippen molar-refractivity contribution in [1.29, 1.82) is 0 Å². The molecule has 1 heterocycles. The molecule has 2 aliphatic rings. The van der Waals surface area contributed by atoms with E-state index in [1.54, 1.807) is 12.1 Å². The van der Waals surface area contributed by atoms with E-state index in [2.05, 4.69) is 11.7 Å². The Bertz CT molecular complexity index is 552. The Morgan fingerprint density at radius 1 is 1.32 bits per heavy atom. The predicted octanol–water partition coefficient (Wildman–Crippen LogP) is 2.93. The zero-order valence-corrected chi connectivity index (χ0v) is 13.3. The van der Waals surface area contributed by atoms with E-state index < -0.39 is 11.2 Å². The van der Waals surface area contributed by atoms with Gasteiger partial charge in [-0.2, -0.15) is 0 Å². The highest BCUT2D eigenvalue weighted by molar-refractivity contribution is 6.30. The van der Waals surface area contributed by atoms with Gasteiger partial charge in [0, 0.05) is 26.2 Å². The molecule has 1 unspecified atom stereocenters. The van der Waals surface area contributed by atoms with E-state index in [4.69, 9.17) is 11.6 Å². The average molecular weight is 324 g/mol. The normalized spacial score (nSPS) is 21.6. The number of nitrogens with zero attached hydrogens (tertiary/aromatic N) is 1. The van der Waals surface area contributed by atoms with E-state index in [0.717, 1.165) is 51.0 Å². The molecule has 3 nitrogen and oxygen atoms in total.